The van der Waals surface area contributed by atoms with Crippen LogP contribution in [0.25, 0.3) is 12.2 Å². The molecular formula is C38H44N4O6. The van der Waals surface area contributed by atoms with E-state index in [1.54, 1.807) is 0 Å². The summed E-state index contributed by atoms with van der Waals surface area (Å²) in [6.45, 7) is 15.3. The summed E-state index contributed by atoms with van der Waals surface area (Å²) in [4.78, 5) is 46.9. The molecule has 10 nitrogen and oxygen atoms in total. The van der Waals surface area contributed by atoms with Crippen LogP contribution in [0, 0.1) is 31.1 Å². The van der Waals surface area contributed by atoms with Crippen molar-refractivity contribution in [3.05, 3.63) is 104 Å². The van der Waals surface area contributed by atoms with Crippen LogP contribution < -0.4 is 16.0 Å². The molecule has 3 N–H and O–H groups in total. The molecule has 4 aliphatic heterocycles. The molecule has 48 heavy (non-hydrogen) atoms. The highest BCUT2D eigenvalue weighted by atomic mass is 17.2. The Morgan fingerprint density at radius 3 is 2.46 bits per heavy atom. The van der Waals surface area contributed by atoms with Gasteiger partial charge in [0.25, 0.3) is 0 Å². The molecule has 0 saturated carbocycles. The average molecular weight is 653 g/mol. The topological polar surface area (TPSA) is 127 Å². The zero-order valence-electron chi connectivity index (χ0n) is 28.7. The summed E-state index contributed by atoms with van der Waals surface area (Å²) in [7, 11) is 3.01. The van der Waals surface area contributed by atoms with Gasteiger partial charge in [-0.05, 0) is 91.8 Å². The second-order valence-electron chi connectivity index (χ2n) is 13.1. The number of nitrogens with one attached hydrogen (secondary N) is 2. The maximum absolute atomic E-state index is 11.6. The fourth-order valence-electron chi connectivity index (χ4n) is 7.51. The van der Waals surface area contributed by atoms with Crippen molar-refractivity contribution in [2.75, 3.05) is 27.4 Å². The SMILES string of the molecule is C=CC1=C(C)C2=NC/1=C\C1NC(=C(CCC(=O)O)C1C)/C=c1\[nH]/c(c(C)c1C)=C\C1=NC(=C\2)/C2=CC=C(COOC)C(COOC)C21C. The van der Waals surface area contributed by atoms with Crippen LogP contribution in [0.15, 0.2) is 91.9 Å². The molecular weight excluding hydrogens is 608 g/mol. The normalized spacial score (nSPS) is 29.6. The number of aliphatic imine (C=N–C) groups is 2. The molecule has 5 heterocycles. The predicted octanol–water partition coefficient (Wildman–Crippen LogP) is 4.76. The number of aliphatic carboxylic acids is 1. The van der Waals surface area contributed by atoms with Gasteiger partial charge in [0.15, 0.2) is 0 Å². The van der Waals surface area contributed by atoms with Crippen LogP contribution in [-0.2, 0) is 24.3 Å². The lowest BCUT2D eigenvalue weighted by Crippen LogP contribution is -2.41. The Morgan fingerprint density at radius 1 is 1.04 bits per heavy atom. The van der Waals surface area contributed by atoms with Crippen LogP contribution in [0.1, 0.15) is 44.7 Å². The van der Waals surface area contributed by atoms with Crippen LogP contribution in [0.2, 0.25) is 0 Å². The van der Waals surface area contributed by atoms with Gasteiger partial charge in [-0.2, -0.15) is 0 Å². The Hall–Kier alpha value is -4.35. The van der Waals surface area contributed by atoms with E-state index in [4.69, 9.17) is 29.5 Å². The number of hydrogen-bond donors (Lipinski definition) is 3. The Labute approximate surface area is 280 Å². The van der Waals surface area contributed by atoms with E-state index in [1.165, 1.54) is 14.2 Å². The van der Waals surface area contributed by atoms with Gasteiger partial charge in [0.1, 0.15) is 6.61 Å². The number of carbonyl (C=O) groups is 1. The van der Waals surface area contributed by atoms with Crippen LogP contribution in [0.5, 0.6) is 0 Å². The van der Waals surface area contributed by atoms with Gasteiger partial charge in [0.2, 0.25) is 0 Å². The molecule has 1 aliphatic carbocycles. The second kappa shape index (κ2) is 13.3. The number of nitrogens with zero attached hydrogens (tertiary/aromatic N) is 2. The minimum Gasteiger partial charge on any atom is -0.481 e. The Balaban J connectivity index is 1.62. The minimum absolute atomic E-state index is 0.0601. The van der Waals surface area contributed by atoms with E-state index < -0.39 is 11.4 Å². The maximum atomic E-state index is 11.6. The molecule has 0 spiro atoms. The van der Waals surface area contributed by atoms with Crippen LogP contribution in [0.4, 0.5) is 0 Å². The summed E-state index contributed by atoms with van der Waals surface area (Å²) in [5, 5.41) is 15.2. The first-order chi connectivity index (χ1) is 23.0. The molecule has 8 bridgehead atoms. The molecule has 0 fully saturated rings. The first kappa shape index (κ1) is 33.5. The summed E-state index contributed by atoms with van der Waals surface area (Å²) in [5.41, 5.74) is 11.0. The summed E-state index contributed by atoms with van der Waals surface area (Å²) in [5.74, 6) is -0.929. The molecule has 1 aromatic heterocycles. The number of carboxylic acids is 1. The van der Waals surface area contributed by atoms with E-state index in [1.807, 2.05) is 6.08 Å². The Kier molecular flexibility index (Phi) is 9.28. The molecule has 5 aliphatic rings. The third-order valence-electron chi connectivity index (χ3n) is 10.6. The van der Waals surface area contributed by atoms with E-state index in [0.29, 0.717) is 6.42 Å². The summed E-state index contributed by atoms with van der Waals surface area (Å²) in [6.07, 6.45) is 15.0. The maximum Gasteiger partial charge on any atom is 0.303 e. The zero-order chi connectivity index (χ0) is 34.3. The van der Waals surface area contributed by atoms with Gasteiger partial charge in [-0.1, -0.05) is 31.7 Å². The molecule has 0 aromatic carbocycles. The van der Waals surface area contributed by atoms with Crippen molar-refractivity contribution >= 4 is 29.5 Å². The van der Waals surface area contributed by atoms with Crippen molar-refractivity contribution in [3.63, 3.8) is 0 Å². The third-order valence-corrected chi connectivity index (χ3v) is 10.6. The largest absolute Gasteiger partial charge is 0.481 e. The zero-order valence-corrected chi connectivity index (χ0v) is 28.7. The smallest absolute Gasteiger partial charge is 0.303 e. The second-order valence-corrected chi connectivity index (χ2v) is 13.1. The van der Waals surface area contributed by atoms with Crippen molar-refractivity contribution in [1.29, 1.82) is 0 Å². The van der Waals surface area contributed by atoms with E-state index in [9.17, 15) is 9.90 Å². The molecule has 10 heteroatoms. The fourth-order valence-corrected chi connectivity index (χ4v) is 7.51. The van der Waals surface area contributed by atoms with Crippen molar-refractivity contribution in [3.8, 4) is 0 Å². The Bertz CT molecular complexity index is 1950. The number of fused-ring (bicyclic) bond motifs is 9. The van der Waals surface area contributed by atoms with Crippen LogP contribution in [0.3, 0.4) is 0 Å². The Morgan fingerprint density at radius 2 is 1.77 bits per heavy atom. The van der Waals surface area contributed by atoms with Crippen molar-refractivity contribution in [1.82, 2.24) is 10.3 Å². The van der Waals surface area contributed by atoms with Crippen molar-refractivity contribution in [2.24, 2.45) is 27.2 Å². The quantitative estimate of drug-likeness (QED) is 0.246. The third kappa shape index (κ3) is 5.72. The average Bonchev–Trinajstić information content (AvgIpc) is 3.70. The van der Waals surface area contributed by atoms with E-state index >= 15 is 0 Å². The number of aromatic nitrogens is 1. The number of rotatable bonds is 10. The van der Waals surface area contributed by atoms with Gasteiger partial charge in [0.05, 0.1) is 49.7 Å². The van der Waals surface area contributed by atoms with Gasteiger partial charge >= 0.3 is 5.97 Å². The standard InChI is InChI=1S/C38H44N4O6/c1-9-25-22(4)31-16-35-27-12-10-24(18-47-45-7)28(19-48-46-8)38(27,6)36(42-35)17-32-21(3)20(2)29(39-32)14-34-26(11-13-37(43)44)23(5)30(41-34)15-33(25)40-31/h9-10,12,14-17,23,28,30,39,41H,1,11,13,18-19H2,2-8H3,(H,43,44)/b29-14-,32-17-,33-15-,35-16-. The lowest BCUT2D eigenvalue weighted by Gasteiger charge is -2.39. The number of allylic oxidation sites excluding steroid dienone is 7. The first-order valence-corrected chi connectivity index (χ1v) is 16.3. The van der Waals surface area contributed by atoms with Gasteiger partial charge in [-0.25, -0.2) is 24.5 Å². The lowest BCUT2D eigenvalue weighted by atomic mass is 9.64. The number of H-pyrrole nitrogens is 1. The summed E-state index contributed by atoms with van der Waals surface area (Å²) in [6, 6.07) is -0.0799. The lowest BCUT2D eigenvalue weighted by molar-refractivity contribution is -0.285. The fraction of sp³-hybridized carbons (Fsp3) is 0.395. The van der Waals surface area contributed by atoms with E-state index in [-0.39, 0.29) is 37.5 Å². The number of carboxylic acid groups (broad SMARTS) is 1. The highest BCUT2D eigenvalue weighted by Gasteiger charge is 2.50. The van der Waals surface area contributed by atoms with Gasteiger partial charge in [-0.15, -0.1) is 0 Å². The van der Waals surface area contributed by atoms with Gasteiger partial charge < -0.3 is 15.4 Å². The van der Waals surface area contributed by atoms with Crippen molar-refractivity contribution < 1.29 is 29.5 Å². The molecule has 1 aromatic rings. The van der Waals surface area contributed by atoms with Crippen LogP contribution in [-0.4, -0.2) is 61.0 Å². The van der Waals surface area contributed by atoms with Crippen molar-refractivity contribution in [2.45, 2.75) is 53.5 Å². The monoisotopic (exact) mass is 652 g/mol. The summed E-state index contributed by atoms with van der Waals surface area (Å²) >= 11 is 0. The highest BCUT2D eigenvalue weighted by molar-refractivity contribution is 6.20. The van der Waals surface area contributed by atoms with Gasteiger partial charge in [-0.3, -0.25) is 9.79 Å². The molecule has 0 radical (unpaired) electrons. The summed E-state index contributed by atoms with van der Waals surface area (Å²) < 4.78 is 0. The van der Waals surface area contributed by atoms with Gasteiger partial charge in [0, 0.05) is 45.6 Å². The van der Waals surface area contributed by atoms with Crippen LogP contribution >= 0.6 is 0 Å². The highest BCUT2D eigenvalue weighted by Crippen LogP contribution is 2.52. The predicted molar refractivity (Wildman–Crippen MR) is 186 cm³/mol. The molecule has 6 rings (SSSR count). The molecule has 4 unspecified atom stereocenters. The van der Waals surface area contributed by atoms with E-state index in [0.717, 1.165) is 78.2 Å². The molecule has 0 saturated heterocycles. The molecule has 252 valence electrons. The minimum atomic E-state index is -0.815. The van der Waals surface area contributed by atoms with E-state index in [2.05, 4.69) is 88.0 Å². The number of hydrogen-bond acceptors (Lipinski definition) is 8. The molecule has 0 amide bonds. The first-order valence-electron chi connectivity index (χ1n) is 16.3. The number of aromatic amines is 1. The molecule has 4 atom stereocenters.